The summed E-state index contributed by atoms with van der Waals surface area (Å²) < 4.78 is 91.9. The fourth-order valence-corrected chi connectivity index (χ4v) is 3.74. The van der Waals surface area contributed by atoms with Crippen LogP contribution in [0.1, 0.15) is 35.2 Å². The number of alkyl halides is 3. The van der Waals surface area contributed by atoms with E-state index in [4.69, 9.17) is 0 Å². The quantitative estimate of drug-likeness (QED) is 0.422. The molecule has 1 unspecified atom stereocenters. The first-order chi connectivity index (χ1) is 16.7. The average Bonchev–Trinajstić information content (AvgIpc) is 2.80. The number of pyridine rings is 1. The number of nitrogens with one attached hydrogen (secondary N) is 2. The number of hydrogen-bond donors (Lipinski definition) is 2. The van der Waals surface area contributed by atoms with Crippen molar-refractivity contribution in [3.05, 3.63) is 88.6 Å². The Kier molecular flexibility index (Phi) is 8.09. The molecule has 0 spiro atoms. The van der Waals surface area contributed by atoms with Crippen LogP contribution >= 0.6 is 0 Å². The lowest BCUT2D eigenvalue weighted by molar-refractivity contribution is -0.141. The van der Waals surface area contributed by atoms with Crippen LogP contribution in [0.3, 0.4) is 0 Å². The molecule has 0 bridgehead atoms. The van der Waals surface area contributed by atoms with Gasteiger partial charge in [-0.25, -0.2) is 26.9 Å². The number of amides is 1. The van der Waals surface area contributed by atoms with E-state index in [0.29, 0.717) is 5.56 Å². The Hall–Kier alpha value is -3.38. The van der Waals surface area contributed by atoms with Crippen molar-refractivity contribution in [2.24, 2.45) is 0 Å². The molecule has 2 aromatic carbocycles. The van der Waals surface area contributed by atoms with E-state index in [1.165, 1.54) is 37.3 Å². The molecule has 2 N–H and O–H groups in total. The highest BCUT2D eigenvalue weighted by Crippen LogP contribution is 2.31. The van der Waals surface area contributed by atoms with Crippen molar-refractivity contribution in [2.45, 2.75) is 32.1 Å². The van der Waals surface area contributed by atoms with Gasteiger partial charge in [0.25, 0.3) is 0 Å². The number of hydrogen-bond acceptors (Lipinski definition) is 4. The lowest BCUT2D eigenvalue weighted by atomic mass is 9.98. The summed E-state index contributed by atoms with van der Waals surface area (Å²) in [5, 5.41) is 2.61. The molecular weight excluding hydrogens is 505 g/mol. The van der Waals surface area contributed by atoms with Crippen molar-refractivity contribution < 1.29 is 35.2 Å². The summed E-state index contributed by atoms with van der Waals surface area (Å²) in [6.07, 6.45) is -3.75. The smallest absolute Gasteiger partial charge is 0.351 e. The Morgan fingerprint density at radius 1 is 0.972 bits per heavy atom. The number of nitrogens with zero attached hydrogens (tertiary/aromatic N) is 1. The molecule has 192 valence electrons. The van der Waals surface area contributed by atoms with Crippen LogP contribution in [0.15, 0.2) is 54.6 Å². The Bertz CT molecular complexity index is 1360. The highest BCUT2D eigenvalue weighted by molar-refractivity contribution is 7.88. The van der Waals surface area contributed by atoms with Crippen LogP contribution in [0.2, 0.25) is 0 Å². The molecule has 0 fully saturated rings. The number of sulfonamides is 1. The summed E-state index contributed by atoms with van der Waals surface area (Å²) in [6.45, 7) is 1.09. The molecule has 3 rings (SSSR count). The van der Waals surface area contributed by atoms with Gasteiger partial charge in [0.1, 0.15) is 17.3 Å². The molecule has 1 amide bonds. The number of benzene rings is 2. The van der Waals surface area contributed by atoms with E-state index in [-0.39, 0.29) is 35.5 Å². The Balaban J connectivity index is 1.78. The molecule has 1 aromatic heterocycles. The zero-order chi connectivity index (χ0) is 26.7. The van der Waals surface area contributed by atoms with Crippen molar-refractivity contribution in [2.75, 3.05) is 6.26 Å². The van der Waals surface area contributed by atoms with Gasteiger partial charge in [-0.2, -0.15) is 13.2 Å². The molecule has 1 heterocycles. The zero-order valence-electron chi connectivity index (χ0n) is 19.2. The topological polar surface area (TPSA) is 88.2 Å². The van der Waals surface area contributed by atoms with Crippen LogP contribution in [0, 0.1) is 11.6 Å². The highest BCUT2D eigenvalue weighted by Gasteiger charge is 2.33. The maximum Gasteiger partial charge on any atom is 0.433 e. The molecular formula is C24H22F5N3O3S. The predicted octanol–water partition coefficient (Wildman–Crippen LogP) is 4.51. The van der Waals surface area contributed by atoms with E-state index in [2.05, 4.69) is 15.0 Å². The molecule has 0 saturated carbocycles. The van der Waals surface area contributed by atoms with Gasteiger partial charge >= 0.3 is 6.18 Å². The SMILES string of the molecule is CC(C(=O)NCc1ccc(C(F)(F)F)nc1-c1ccc(F)cc1)c1ccc(CNS(C)(=O)=O)c(F)c1. The van der Waals surface area contributed by atoms with Crippen molar-refractivity contribution in [3.8, 4) is 11.3 Å². The van der Waals surface area contributed by atoms with E-state index >= 15 is 0 Å². The van der Waals surface area contributed by atoms with E-state index in [0.717, 1.165) is 30.5 Å². The Morgan fingerprint density at radius 2 is 1.61 bits per heavy atom. The second-order valence-electron chi connectivity index (χ2n) is 8.09. The molecule has 6 nitrogen and oxygen atoms in total. The lowest BCUT2D eigenvalue weighted by Gasteiger charge is -2.16. The van der Waals surface area contributed by atoms with Crippen molar-refractivity contribution in [1.29, 1.82) is 0 Å². The molecule has 0 saturated heterocycles. The Labute approximate surface area is 204 Å². The summed E-state index contributed by atoms with van der Waals surface area (Å²) in [4.78, 5) is 16.4. The van der Waals surface area contributed by atoms with Gasteiger partial charge in [-0.1, -0.05) is 18.2 Å². The number of rotatable bonds is 8. The third-order valence-corrected chi connectivity index (χ3v) is 6.00. The van der Waals surface area contributed by atoms with Gasteiger partial charge in [0.15, 0.2) is 0 Å². The molecule has 1 atom stereocenters. The third-order valence-electron chi connectivity index (χ3n) is 5.34. The average molecular weight is 528 g/mol. The summed E-state index contributed by atoms with van der Waals surface area (Å²) in [5.41, 5.74) is -0.282. The molecule has 12 heteroatoms. The van der Waals surface area contributed by atoms with Gasteiger partial charge < -0.3 is 5.32 Å². The first-order valence-electron chi connectivity index (χ1n) is 10.6. The fourth-order valence-electron chi connectivity index (χ4n) is 3.32. The normalized spacial score (nSPS) is 12.9. The maximum absolute atomic E-state index is 14.4. The van der Waals surface area contributed by atoms with E-state index < -0.39 is 45.4 Å². The first kappa shape index (κ1) is 27.2. The Morgan fingerprint density at radius 3 is 2.19 bits per heavy atom. The van der Waals surface area contributed by atoms with Gasteiger partial charge in [0.05, 0.1) is 17.9 Å². The summed E-state index contributed by atoms with van der Waals surface area (Å²) >= 11 is 0. The molecule has 3 aromatic rings. The van der Waals surface area contributed by atoms with Crippen LogP contribution in [0.5, 0.6) is 0 Å². The van der Waals surface area contributed by atoms with Gasteiger partial charge in [-0.15, -0.1) is 0 Å². The minimum atomic E-state index is -4.70. The van der Waals surface area contributed by atoms with E-state index in [9.17, 15) is 35.2 Å². The van der Waals surface area contributed by atoms with Crippen LogP contribution in [0.25, 0.3) is 11.3 Å². The monoisotopic (exact) mass is 527 g/mol. The van der Waals surface area contributed by atoms with Gasteiger partial charge in [-0.05, 0) is 54.4 Å². The number of halogens is 5. The standard InChI is InChI=1S/C24H22F5N3O3S/c1-14(16-3-4-17(20(26)11-16)13-31-36(2,34)35)23(33)30-12-18-7-10-21(24(27,28)29)32-22(18)15-5-8-19(25)9-6-15/h3-11,14,31H,12-13H2,1-2H3,(H,30,33). The molecule has 0 aliphatic carbocycles. The molecule has 0 aliphatic heterocycles. The van der Waals surface area contributed by atoms with Crippen molar-refractivity contribution in [3.63, 3.8) is 0 Å². The van der Waals surface area contributed by atoms with Gasteiger partial charge in [-0.3, -0.25) is 4.79 Å². The number of carbonyl (C=O) groups excluding carboxylic acids is 1. The lowest BCUT2D eigenvalue weighted by Crippen LogP contribution is -2.28. The fraction of sp³-hybridized carbons (Fsp3) is 0.250. The first-order valence-corrected chi connectivity index (χ1v) is 12.5. The van der Waals surface area contributed by atoms with Crippen molar-refractivity contribution in [1.82, 2.24) is 15.0 Å². The largest absolute Gasteiger partial charge is 0.433 e. The summed E-state index contributed by atoms with van der Waals surface area (Å²) in [7, 11) is -3.52. The number of carbonyl (C=O) groups is 1. The van der Waals surface area contributed by atoms with Gasteiger partial charge in [0, 0.05) is 24.2 Å². The zero-order valence-corrected chi connectivity index (χ0v) is 20.0. The van der Waals surface area contributed by atoms with Crippen LogP contribution in [0.4, 0.5) is 22.0 Å². The van der Waals surface area contributed by atoms with Crippen LogP contribution in [-0.2, 0) is 34.1 Å². The van der Waals surface area contributed by atoms with E-state index in [1.807, 2.05) is 0 Å². The maximum atomic E-state index is 14.4. The van der Waals surface area contributed by atoms with Gasteiger partial charge in [0.2, 0.25) is 15.9 Å². The third kappa shape index (κ3) is 7.08. The minimum absolute atomic E-state index is 0.0634. The summed E-state index contributed by atoms with van der Waals surface area (Å²) in [5.74, 6) is -2.62. The van der Waals surface area contributed by atoms with Crippen molar-refractivity contribution >= 4 is 15.9 Å². The summed E-state index contributed by atoms with van der Waals surface area (Å²) in [6, 6.07) is 10.7. The van der Waals surface area contributed by atoms with E-state index in [1.54, 1.807) is 0 Å². The predicted molar refractivity (Wildman–Crippen MR) is 123 cm³/mol. The molecule has 36 heavy (non-hydrogen) atoms. The molecule has 0 radical (unpaired) electrons. The molecule has 0 aliphatic rings. The second kappa shape index (κ2) is 10.7. The number of aromatic nitrogens is 1. The van der Waals surface area contributed by atoms with Crippen LogP contribution in [-0.4, -0.2) is 25.6 Å². The minimum Gasteiger partial charge on any atom is -0.351 e. The highest BCUT2D eigenvalue weighted by atomic mass is 32.2. The second-order valence-corrected chi connectivity index (χ2v) is 9.93. The van der Waals surface area contributed by atoms with Crippen LogP contribution < -0.4 is 10.0 Å².